The van der Waals surface area contributed by atoms with Crippen LogP contribution in [0.5, 0.6) is 11.5 Å². The highest BCUT2D eigenvalue weighted by Crippen LogP contribution is 2.24. The zero-order chi connectivity index (χ0) is 17.4. The summed E-state index contributed by atoms with van der Waals surface area (Å²) in [5.41, 5.74) is 5.64. The average Bonchev–Trinajstić information content (AvgIpc) is 2.64. The Morgan fingerprint density at radius 2 is 1.83 bits per heavy atom. The van der Waals surface area contributed by atoms with Gasteiger partial charge in [0, 0.05) is 18.2 Å². The zero-order valence-corrected chi connectivity index (χ0v) is 14.8. The summed E-state index contributed by atoms with van der Waals surface area (Å²) >= 11 is 5.24. The summed E-state index contributed by atoms with van der Waals surface area (Å²) in [6.07, 6.45) is 0. The van der Waals surface area contributed by atoms with Crippen molar-refractivity contribution in [2.45, 2.75) is 13.5 Å². The molecule has 2 aromatic rings. The number of nitrogens with zero attached hydrogens (tertiary/aromatic N) is 1. The fourth-order valence-electron chi connectivity index (χ4n) is 2.11. The van der Waals surface area contributed by atoms with Crippen molar-refractivity contribution < 1.29 is 9.47 Å². The van der Waals surface area contributed by atoms with Crippen LogP contribution in [0.1, 0.15) is 18.1 Å². The van der Waals surface area contributed by atoms with Crippen molar-refractivity contribution in [1.29, 1.82) is 0 Å². The standard InChI is InChI=1S/C18H21N3O2S/c1-13(16-10-9-15(22-2)11-17(16)23-3)20-21-18(24)19-12-14-7-5-4-6-8-14/h4-11H,12H2,1-3H3,(H2,19,21,24)/b20-13+. The number of hydrogen-bond donors (Lipinski definition) is 2. The summed E-state index contributed by atoms with van der Waals surface area (Å²) in [5, 5.41) is 7.89. The summed E-state index contributed by atoms with van der Waals surface area (Å²) in [7, 11) is 3.23. The minimum Gasteiger partial charge on any atom is -0.497 e. The molecule has 0 aliphatic heterocycles. The molecular weight excluding hydrogens is 322 g/mol. The number of hydrazone groups is 1. The number of thiocarbonyl (C=S) groups is 1. The first-order valence-corrected chi connectivity index (χ1v) is 7.89. The van der Waals surface area contributed by atoms with E-state index in [9.17, 15) is 0 Å². The largest absolute Gasteiger partial charge is 0.497 e. The molecule has 0 saturated heterocycles. The quantitative estimate of drug-likeness (QED) is 0.480. The van der Waals surface area contributed by atoms with Crippen molar-refractivity contribution >= 4 is 23.0 Å². The van der Waals surface area contributed by atoms with E-state index in [0.717, 1.165) is 22.6 Å². The Balaban J connectivity index is 1.97. The lowest BCUT2D eigenvalue weighted by atomic mass is 10.1. The predicted molar refractivity (Wildman–Crippen MR) is 101 cm³/mol. The van der Waals surface area contributed by atoms with Crippen molar-refractivity contribution in [3.63, 3.8) is 0 Å². The van der Waals surface area contributed by atoms with Gasteiger partial charge >= 0.3 is 0 Å². The van der Waals surface area contributed by atoms with E-state index in [4.69, 9.17) is 21.7 Å². The molecule has 5 nitrogen and oxygen atoms in total. The first-order valence-electron chi connectivity index (χ1n) is 7.48. The molecule has 0 bridgehead atoms. The van der Waals surface area contributed by atoms with Crippen LogP contribution in [0.15, 0.2) is 53.6 Å². The maximum Gasteiger partial charge on any atom is 0.187 e. The summed E-state index contributed by atoms with van der Waals surface area (Å²) in [4.78, 5) is 0. The molecule has 0 amide bonds. The maximum atomic E-state index is 5.38. The monoisotopic (exact) mass is 343 g/mol. The zero-order valence-electron chi connectivity index (χ0n) is 14.0. The van der Waals surface area contributed by atoms with Gasteiger partial charge in [-0.3, -0.25) is 5.43 Å². The van der Waals surface area contributed by atoms with Crippen LogP contribution in [0.2, 0.25) is 0 Å². The van der Waals surface area contributed by atoms with Crippen LogP contribution in [-0.2, 0) is 6.54 Å². The van der Waals surface area contributed by atoms with Crippen molar-refractivity contribution in [3.8, 4) is 11.5 Å². The minimum absolute atomic E-state index is 0.464. The van der Waals surface area contributed by atoms with Gasteiger partial charge in [-0.1, -0.05) is 30.3 Å². The van der Waals surface area contributed by atoms with Gasteiger partial charge < -0.3 is 14.8 Å². The van der Waals surface area contributed by atoms with E-state index in [2.05, 4.69) is 15.8 Å². The van der Waals surface area contributed by atoms with Gasteiger partial charge in [-0.15, -0.1) is 0 Å². The van der Waals surface area contributed by atoms with Gasteiger partial charge in [0.15, 0.2) is 5.11 Å². The number of benzene rings is 2. The first-order chi connectivity index (χ1) is 11.6. The van der Waals surface area contributed by atoms with Crippen LogP contribution in [0.25, 0.3) is 0 Å². The fourth-order valence-corrected chi connectivity index (χ4v) is 2.23. The third kappa shape index (κ3) is 4.96. The topological polar surface area (TPSA) is 54.9 Å². The molecule has 0 aromatic heterocycles. The maximum absolute atomic E-state index is 5.38. The van der Waals surface area contributed by atoms with Crippen molar-refractivity contribution in [2.24, 2.45) is 5.10 Å². The van der Waals surface area contributed by atoms with Crippen LogP contribution in [0, 0.1) is 0 Å². The van der Waals surface area contributed by atoms with Crippen LogP contribution in [0.3, 0.4) is 0 Å². The fraction of sp³-hybridized carbons (Fsp3) is 0.222. The van der Waals surface area contributed by atoms with E-state index in [-0.39, 0.29) is 0 Å². The molecule has 0 unspecified atom stereocenters. The van der Waals surface area contributed by atoms with E-state index in [0.29, 0.717) is 17.4 Å². The summed E-state index contributed by atoms with van der Waals surface area (Å²) in [6.45, 7) is 2.53. The number of hydrogen-bond acceptors (Lipinski definition) is 4. The second-order valence-corrected chi connectivity index (χ2v) is 5.45. The third-order valence-electron chi connectivity index (χ3n) is 3.42. The average molecular weight is 343 g/mol. The lowest BCUT2D eigenvalue weighted by molar-refractivity contribution is 0.394. The van der Waals surface area contributed by atoms with Crippen LogP contribution < -0.4 is 20.2 Å². The van der Waals surface area contributed by atoms with Gasteiger partial charge in [-0.05, 0) is 36.8 Å². The molecule has 6 heteroatoms. The number of ether oxygens (including phenoxy) is 2. The molecular formula is C18H21N3O2S. The van der Waals surface area contributed by atoms with E-state index in [1.807, 2.05) is 55.5 Å². The highest BCUT2D eigenvalue weighted by molar-refractivity contribution is 7.80. The second kappa shape index (κ2) is 8.88. The Morgan fingerprint density at radius 1 is 1.08 bits per heavy atom. The summed E-state index contributed by atoms with van der Waals surface area (Å²) in [6, 6.07) is 15.6. The lowest BCUT2D eigenvalue weighted by Crippen LogP contribution is -2.32. The van der Waals surface area contributed by atoms with Gasteiger partial charge in [-0.2, -0.15) is 5.10 Å². The molecule has 2 N–H and O–H groups in total. The predicted octanol–water partition coefficient (Wildman–Crippen LogP) is 3.09. The molecule has 24 heavy (non-hydrogen) atoms. The Labute approximate surface area is 147 Å². The molecule has 0 spiro atoms. The Kier molecular flexibility index (Phi) is 6.57. The highest BCUT2D eigenvalue weighted by atomic mass is 32.1. The Hall–Kier alpha value is -2.60. The molecule has 2 aromatic carbocycles. The minimum atomic E-state index is 0.464. The number of methoxy groups -OCH3 is 2. The first kappa shape index (κ1) is 17.7. The van der Waals surface area contributed by atoms with E-state index >= 15 is 0 Å². The summed E-state index contributed by atoms with van der Waals surface area (Å²) < 4.78 is 10.6. The lowest BCUT2D eigenvalue weighted by Gasteiger charge is -2.11. The molecule has 0 radical (unpaired) electrons. The number of nitrogens with one attached hydrogen (secondary N) is 2. The van der Waals surface area contributed by atoms with Crippen molar-refractivity contribution in [3.05, 3.63) is 59.7 Å². The molecule has 0 fully saturated rings. The van der Waals surface area contributed by atoms with Gasteiger partial charge in [0.2, 0.25) is 0 Å². The Morgan fingerprint density at radius 3 is 2.50 bits per heavy atom. The van der Waals surface area contributed by atoms with Crippen LogP contribution in [0.4, 0.5) is 0 Å². The molecule has 126 valence electrons. The van der Waals surface area contributed by atoms with E-state index in [1.165, 1.54) is 0 Å². The Bertz CT molecular complexity index is 717. The van der Waals surface area contributed by atoms with Gasteiger partial charge in [0.25, 0.3) is 0 Å². The van der Waals surface area contributed by atoms with E-state index < -0.39 is 0 Å². The molecule has 0 aliphatic carbocycles. The normalized spacial score (nSPS) is 10.9. The van der Waals surface area contributed by atoms with Crippen molar-refractivity contribution in [2.75, 3.05) is 14.2 Å². The number of rotatable bonds is 6. The van der Waals surface area contributed by atoms with Gasteiger partial charge in [-0.25, -0.2) is 0 Å². The van der Waals surface area contributed by atoms with Crippen molar-refractivity contribution in [1.82, 2.24) is 10.7 Å². The van der Waals surface area contributed by atoms with Gasteiger partial charge in [0.1, 0.15) is 11.5 Å². The second-order valence-electron chi connectivity index (χ2n) is 5.04. The van der Waals surface area contributed by atoms with E-state index in [1.54, 1.807) is 14.2 Å². The third-order valence-corrected chi connectivity index (χ3v) is 3.66. The molecule has 2 rings (SSSR count). The smallest absolute Gasteiger partial charge is 0.187 e. The van der Waals surface area contributed by atoms with Crippen LogP contribution >= 0.6 is 12.2 Å². The molecule has 0 atom stereocenters. The van der Waals surface area contributed by atoms with Gasteiger partial charge in [0.05, 0.1) is 19.9 Å². The summed E-state index contributed by atoms with van der Waals surface area (Å²) in [5.74, 6) is 1.43. The highest BCUT2D eigenvalue weighted by Gasteiger charge is 2.08. The van der Waals surface area contributed by atoms with Crippen LogP contribution in [-0.4, -0.2) is 25.0 Å². The SMILES string of the molecule is COc1ccc(/C(C)=N/NC(=S)NCc2ccccc2)c(OC)c1. The molecule has 0 saturated carbocycles. The molecule has 0 heterocycles. The molecule has 0 aliphatic rings.